The molecule has 0 unspecified atom stereocenters. The molecule has 0 spiro atoms. The molecule has 1 N–H and O–H groups in total. The Hall–Kier alpha value is -3.10. The third-order valence-electron chi connectivity index (χ3n) is 5.68. The van der Waals surface area contributed by atoms with Gasteiger partial charge in [-0.3, -0.25) is 4.79 Å². The lowest BCUT2D eigenvalue weighted by Gasteiger charge is -2.33. The van der Waals surface area contributed by atoms with Gasteiger partial charge in [-0.1, -0.05) is 30.3 Å². The zero-order valence-electron chi connectivity index (χ0n) is 16.5. The molecule has 1 saturated heterocycles. The van der Waals surface area contributed by atoms with Crippen LogP contribution in [0.2, 0.25) is 0 Å². The number of hydrogen-bond donors (Lipinski definition) is 1. The van der Waals surface area contributed by atoms with E-state index in [1.807, 2.05) is 24.3 Å². The number of urea groups is 1. The van der Waals surface area contributed by atoms with Gasteiger partial charge in [-0.25, -0.2) is 9.18 Å². The first kappa shape index (κ1) is 21.1. The zero-order chi connectivity index (χ0) is 22.2. The minimum Gasteiger partial charge on any atom is -0.336 e. The summed E-state index contributed by atoms with van der Waals surface area (Å²) in [5.74, 6) is -0.353. The number of anilines is 1. The van der Waals surface area contributed by atoms with Gasteiger partial charge in [0, 0.05) is 25.2 Å². The van der Waals surface area contributed by atoms with E-state index in [0.29, 0.717) is 19.5 Å². The van der Waals surface area contributed by atoms with E-state index in [4.69, 9.17) is 0 Å². The van der Waals surface area contributed by atoms with Gasteiger partial charge >= 0.3 is 12.2 Å². The van der Waals surface area contributed by atoms with Crippen LogP contribution in [-0.4, -0.2) is 47.0 Å². The molecule has 2 atom stereocenters. The SMILES string of the molecule is O=C([C@@H]1C[C@H](F)CN1C(=O)Nc1cccc(C(F)(F)F)c1)N1CCc2ccccc2C1. The van der Waals surface area contributed by atoms with E-state index in [9.17, 15) is 27.2 Å². The molecule has 0 aromatic heterocycles. The van der Waals surface area contributed by atoms with Gasteiger partial charge < -0.3 is 15.1 Å². The van der Waals surface area contributed by atoms with E-state index in [-0.39, 0.29) is 24.6 Å². The first-order chi connectivity index (χ1) is 14.7. The van der Waals surface area contributed by atoms with Crippen LogP contribution in [-0.2, 0) is 23.9 Å². The number of benzene rings is 2. The normalized spacial score (nSPS) is 21.0. The van der Waals surface area contributed by atoms with Crippen molar-refractivity contribution in [3.8, 4) is 0 Å². The Bertz CT molecular complexity index is 995. The molecule has 3 amide bonds. The van der Waals surface area contributed by atoms with Crippen LogP contribution >= 0.6 is 0 Å². The summed E-state index contributed by atoms with van der Waals surface area (Å²) in [7, 11) is 0. The molecule has 4 rings (SSSR count). The summed E-state index contributed by atoms with van der Waals surface area (Å²) in [6.07, 6.45) is -5.39. The highest BCUT2D eigenvalue weighted by Gasteiger charge is 2.42. The molecule has 1 fully saturated rings. The third kappa shape index (κ3) is 4.50. The van der Waals surface area contributed by atoms with Crippen molar-refractivity contribution in [3.63, 3.8) is 0 Å². The van der Waals surface area contributed by atoms with Crippen LogP contribution in [0.1, 0.15) is 23.1 Å². The second kappa shape index (κ2) is 8.20. The summed E-state index contributed by atoms with van der Waals surface area (Å²) in [6.45, 7) is 0.559. The second-order valence-corrected chi connectivity index (χ2v) is 7.79. The van der Waals surface area contributed by atoms with Crippen molar-refractivity contribution in [2.45, 2.75) is 37.8 Å². The predicted octanol–water partition coefficient (Wildman–Crippen LogP) is 4.23. The molecule has 0 aliphatic carbocycles. The van der Waals surface area contributed by atoms with Gasteiger partial charge in [-0.15, -0.1) is 0 Å². The highest BCUT2D eigenvalue weighted by Crippen LogP contribution is 2.31. The minimum atomic E-state index is -4.55. The molecule has 9 heteroatoms. The number of likely N-dealkylation sites (tertiary alicyclic amines) is 1. The number of nitrogens with zero attached hydrogens (tertiary/aromatic N) is 2. The Morgan fingerprint density at radius 3 is 2.52 bits per heavy atom. The number of amides is 3. The number of nitrogens with one attached hydrogen (secondary N) is 1. The Balaban J connectivity index is 1.48. The summed E-state index contributed by atoms with van der Waals surface area (Å²) >= 11 is 0. The average molecular weight is 435 g/mol. The largest absolute Gasteiger partial charge is 0.416 e. The number of alkyl halides is 4. The number of hydrogen-bond acceptors (Lipinski definition) is 2. The summed E-state index contributed by atoms with van der Waals surface area (Å²) in [4.78, 5) is 28.5. The molecular weight excluding hydrogens is 414 g/mol. The maximum Gasteiger partial charge on any atom is 0.416 e. The highest BCUT2D eigenvalue weighted by atomic mass is 19.4. The third-order valence-corrected chi connectivity index (χ3v) is 5.68. The fourth-order valence-corrected chi connectivity index (χ4v) is 4.11. The number of halogens is 4. The van der Waals surface area contributed by atoms with Gasteiger partial charge in [-0.05, 0) is 35.7 Å². The van der Waals surface area contributed by atoms with Gasteiger partial charge in [-0.2, -0.15) is 13.2 Å². The molecule has 2 heterocycles. The lowest BCUT2D eigenvalue weighted by atomic mass is 9.99. The van der Waals surface area contributed by atoms with E-state index in [2.05, 4.69) is 5.32 Å². The van der Waals surface area contributed by atoms with Crippen molar-refractivity contribution >= 4 is 17.6 Å². The van der Waals surface area contributed by atoms with Crippen LogP contribution in [0.15, 0.2) is 48.5 Å². The predicted molar refractivity (Wildman–Crippen MR) is 106 cm³/mol. The van der Waals surface area contributed by atoms with E-state index < -0.39 is 30.0 Å². The molecule has 5 nitrogen and oxygen atoms in total. The molecule has 2 aliphatic rings. The van der Waals surface area contributed by atoms with Gasteiger partial charge in [0.05, 0.1) is 12.1 Å². The fourth-order valence-electron chi connectivity index (χ4n) is 4.11. The Kier molecular flexibility index (Phi) is 5.60. The van der Waals surface area contributed by atoms with Crippen LogP contribution < -0.4 is 5.32 Å². The Morgan fingerprint density at radius 1 is 1.03 bits per heavy atom. The molecule has 2 aromatic rings. The zero-order valence-corrected chi connectivity index (χ0v) is 16.5. The Labute approximate surface area is 176 Å². The lowest BCUT2D eigenvalue weighted by Crippen LogP contribution is -2.50. The molecular formula is C22H21F4N3O2. The summed E-state index contributed by atoms with van der Waals surface area (Å²) in [5, 5.41) is 2.37. The monoisotopic (exact) mass is 435 g/mol. The first-order valence-electron chi connectivity index (χ1n) is 9.97. The van der Waals surface area contributed by atoms with Crippen LogP contribution in [0.5, 0.6) is 0 Å². The maximum atomic E-state index is 14.2. The van der Waals surface area contributed by atoms with Gasteiger partial charge in [0.15, 0.2) is 0 Å². The van der Waals surface area contributed by atoms with E-state index in [1.165, 1.54) is 12.1 Å². The standard InChI is InChI=1S/C22H21F4N3O2/c23-17-11-19(20(30)28-9-8-14-4-1-2-5-15(14)12-28)29(13-17)21(31)27-18-7-3-6-16(10-18)22(24,25)26/h1-7,10,17,19H,8-9,11-13H2,(H,27,31)/t17-,19-/m0/s1. The van der Waals surface area contributed by atoms with Gasteiger partial charge in [0.1, 0.15) is 12.2 Å². The molecule has 164 valence electrons. The summed E-state index contributed by atoms with van der Waals surface area (Å²) in [6, 6.07) is 10.1. The highest BCUT2D eigenvalue weighted by molar-refractivity contribution is 5.94. The van der Waals surface area contributed by atoms with Crippen molar-refractivity contribution in [1.82, 2.24) is 9.80 Å². The second-order valence-electron chi connectivity index (χ2n) is 7.79. The van der Waals surface area contributed by atoms with Gasteiger partial charge in [0.25, 0.3) is 0 Å². The van der Waals surface area contributed by atoms with Crippen molar-refractivity contribution < 1.29 is 27.2 Å². The topological polar surface area (TPSA) is 52.7 Å². The fraction of sp³-hybridized carbons (Fsp3) is 0.364. The number of carbonyl (C=O) groups is 2. The van der Waals surface area contributed by atoms with E-state index in [0.717, 1.165) is 28.2 Å². The quantitative estimate of drug-likeness (QED) is 0.718. The number of carbonyl (C=O) groups excluding carboxylic acids is 2. The van der Waals surface area contributed by atoms with Crippen molar-refractivity contribution in [2.75, 3.05) is 18.4 Å². The minimum absolute atomic E-state index is 0.0692. The van der Waals surface area contributed by atoms with Crippen molar-refractivity contribution in [1.29, 1.82) is 0 Å². The average Bonchev–Trinajstić information content (AvgIpc) is 3.14. The summed E-state index contributed by atoms with van der Waals surface area (Å²) in [5.41, 5.74) is 1.19. The van der Waals surface area contributed by atoms with Crippen molar-refractivity contribution in [3.05, 3.63) is 65.2 Å². The molecule has 31 heavy (non-hydrogen) atoms. The molecule has 0 saturated carbocycles. The molecule has 0 radical (unpaired) electrons. The van der Waals surface area contributed by atoms with Crippen LogP contribution in [0, 0.1) is 0 Å². The summed E-state index contributed by atoms with van der Waals surface area (Å²) < 4.78 is 52.9. The van der Waals surface area contributed by atoms with Crippen LogP contribution in [0.25, 0.3) is 0 Å². The number of rotatable bonds is 2. The maximum absolute atomic E-state index is 14.2. The molecule has 2 aliphatic heterocycles. The molecule has 2 aromatic carbocycles. The van der Waals surface area contributed by atoms with E-state index >= 15 is 0 Å². The van der Waals surface area contributed by atoms with Crippen LogP contribution in [0.3, 0.4) is 0 Å². The van der Waals surface area contributed by atoms with E-state index in [1.54, 1.807) is 4.90 Å². The van der Waals surface area contributed by atoms with Crippen molar-refractivity contribution in [2.24, 2.45) is 0 Å². The van der Waals surface area contributed by atoms with Gasteiger partial charge in [0.2, 0.25) is 5.91 Å². The Morgan fingerprint density at radius 2 is 1.77 bits per heavy atom. The molecule has 0 bridgehead atoms. The lowest BCUT2D eigenvalue weighted by molar-refractivity contribution is -0.137. The van der Waals surface area contributed by atoms with Crippen LogP contribution in [0.4, 0.5) is 28.0 Å². The first-order valence-corrected chi connectivity index (χ1v) is 9.97. The number of fused-ring (bicyclic) bond motifs is 1. The smallest absolute Gasteiger partial charge is 0.336 e.